The molecule has 0 radical (unpaired) electrons. The van der Waals surface area contributed by atoms with Gasteiger partial charge in [-0.15, -0.1) is 0 Å². The number of hydrogen-bond donors (Lipinski definition) is 2. The van der Waals surface area contributed by atoms with Crippen molar-refractivity contribution in [2.45, 2.75) is 39.7 Å². The molecule has 2 N–H and O–H groups in total. The van der Waals surface area contributed by atoms with E-state index >= 15 is 0 Å². The molecule has 0 spiro atoms. The second-order valence-corrected chi connectivity index (χ2v) is 5.64. The van der Waals surface area contributed by atoms with Gasteiger partial charge < -0.3 is 10.2 Å². The van der Waals surface area contributed by atoms with E-state index in [0.29, 0.717) is 11.8 Å². The van der Waals surface area contributed by atoms with Crippen LogP contribution in [0.25, 0.3) is 0 Å². The lowest BCUT2D eigenvalue weighted by Crippen LogP contribution is -2.35. The van der Waals surface area contributed by atoms with E-state index in [1.54, 1.807) is 0 Å². The summed E-state index contributed by atoms with van der Waals surface area (Å²) in [5.74, 6) is 0.931. The van der Waals surface area contributed by atoms with Gasteiger partial charge in [-0.3, -0.25) is 0 Å². The molecule has 2 aliphatic carbocycles. The van der Waals surface area contributed by atoms with Gasteiger partial charge in [0.1, 0.15) is 0 Å². The molecule has 2 bridgehead atoms. The van der Waals surface area contributed by atoms with Crippen LogP contribution < -0.4 is 0 Å². The first-order valence-corrected chi connectivity index (χ1v) is 5.22. The Morgan fingerprint density at radius 2 is 1.92 bits per heavy atom. The molecular weight excluding hydrogens is 164 g/mol. The van der Waals surface area contributed by atoms with Crippen LogP contribution in [0.4, 0.5) is 0 Å². The van der Waals surface area contributed by atoms with Crippen LogP contribution in [0.5, 0.6) is 0 Å². The zero-order valence-corrected chi connectivity index (χ0v) is 8.75. The van der Waals surface area contributed by atoms with Gasteiger partial charge in [0.05, 0.1) is 6.10 Å². The lowest BCUT2D eigenvalue weighted by Gasteiger charge is -2.36. The summed E-state index contributed by atoms with van der Waals surface area (Å²) in [7, 11) is 0. The van der Waals surface area contributed by atoms with E-state index in [2.05, 4.69) is 20.8 Å². The minimum Gasteiger partial charge on any atom is -0.396 e. The van der Waals surface area contributed by atoms with Crippen LogP contribution in [0.1, 0.15) is 33.6 Å². The molecule has 0 aromatic carbocycles. The Kier molecular flexibility index (Phi) is 1.81. The van der Waals surface area contributed by atoms with Crippen molar-refractivity contribution in [1.29, 1.82) is 0 Å². The highest BCUT2D eigenvalue weighted by atomic mass is 16.3. The maximum atomic E-state index is 9.95. The summed E-state index contributed by atoms with van der Waals surface area (Å²) in [6.45, 7) is 6.94. The van der Waals surface area contributed by atoms with E-state index in [-0.39, 0.29) is 23.5 Å². The Labute approximate surface area is 80.0 Å². The average Bonchev–Trinajstić information content (AvgIpc) is 2.34. The largest absolute Gasteiger partial charge is 0.396 e. The molecule has 2 rings (SSSR count). The molecule has 0 aromatic rings. The first kappa shape index (κ1) is 9.47. The Balaban J connectivity index is 2.34. The highest BCUT2D eigenvalue weighted by Crippen LogP contribution is 2.67. The third-order valence-corrected chi connectivity index (χ3v) is 5.10. The fourth-order valence-electron chi connectivity index (χ4n) is 3.71. The molecule has 13 heavy (non-hydrogen) atoms. The number of aliphatic hydroxyl groups excluding tert-OH is 2. The van der Waals surface area contributed by atoms with Crippen LogP contribution in [0.3, 0.4) is 0 Å². The molecule has 2 fully saturated rings. The number of hydrogen-bond acceptors (Lipinski definition) is 2. The number of aliphatic hydroxyl groups is 2. The Morgan fingerprint density at radius 1 is 1.31 bits per heavy atom. The van der Waals surface area contributed by atoms with E-state index in [0.717, 1.165) is 12.8 Å². The Hall–Kier alpha value is -0.0800. The van der Waals surface area contributed by atoms with Crippen molar-refractivity contribution in [3.63, 3.8) is 0 Å². The summed E-state index contributed by atoms with van der Waals surface area (Å²) < 4.78 is 0. The van der Waals surface area contributed by atoms with Crippen molar-refractivity contribution in [2.24, 2.45) is 22.7 Å². The minimum atomic E-state index is -0.157. The predicted molar refractivity (Wildman–Crippen MR) is 51.2 cm³/mol. The summed E-state index contributed by atoms with van der Waals surface area (Å²) in [6.07, 6.45) is 1.71. The van der Waals surface area contributed by atoms with Gasteiger partial charge in [-0.2, -0.15) is 0 Å². The molecule has 2 heteroatoms. The number of fused-ring (bicyclic) bond motifs is 2. The highest BCUT2D eigenvalue weighted by Gasteiger charge is 2.64. The third kappa shape index (κ3) is 0.909. The number of rotatable bonds is 1. The van der Waals surface area contributed by atoms with Crippen molar-refractivity contribution in [3.05, 3.63) is 0 Å². The molecule has 0 amide bonds. The van der Waals surface area contributed by atoms with Crippen molar-refractivity contribution in [2.75, 3.05) is 6.61 Å². The molecule has 2 nitrogen and oxygen atoms in total. The minimum absolute atomic E-state index is 0.0328. The lowest BCUT2D eigenvalue weighted by atomic mass is 9.70. The van der Waals surface area contributed by atoms with Crippen LogP contribution in [0.2, 0.25) is 0 Å². The molecule has 0 aromatic heterocycles. The second-order valence-electron chi connectivity index (χ2n) is 5.64. The molecule has 2 saturated carbocycles. The SMILES string of the molecule is CC1(C)[C@@H]2C[C@@H](O)[C@@]1(C)C[C@@H]2CO. The van der Waals surface area contributed by atoms with Crippen LogP contribution >= 0.6 is 0 Å². The normalized spacial score (nSPS) is 52.8. The molecule has 4 atom stereocenters. The van der Waals surface area contributed by atoms with Crippen LogP contribution in [-0.4, -0.2) is 22.9 Å². The third-order valence-electron chi connectivity index (χ3n) is 5.10. The van der Waals surface area contributed by atoms with Crippen LogP contribution in [-0.2, 0) is 0 Å². The van der Waals surface area contributed by atoms with Gasteiger partial charge in [0.2, 0.25) is 0 Å². The smallest absolute Gasteiger partial charge is 0.0602 e. The van der Waals surface area contributed by atoms with Crippen molar-refractivity contribution in [1.82, 2.24) is 0 Å². The summed E-state index contributed by atoms with van der Waals surface area (Å²) in [5, 5.41) is 19.2. The standard InChI is InChI=1S/C11H20O2/c1-10(2)8-4-9(13)11(10,3)5-7(8)6-12/h7-9,12-13H,4-6H2,1-3H3/t7-,8-,9-,11-/m1/s1. The van der Waals surface area contributed by atoms with E-state index in [1.807, 2.05) is 0 Å². The van der Waals surface area contributed by atoms with Gasteiger partial charge in [-0.1, -0.05) is 20.8 Å². The van der Waals surface area contributed by atoms with Gasteiger partial charge in [0.15, 0.2) is 0 Å². The van der Waals surface area contributed by atoms with Gasteiger partial charge >= 0.3 is 0 Å². The Morgan fingerprint density at radius 3 is 2.23 bits per heavy atom. The maximum Gasteiger partial charge on any atom is 0.0602 e. The van der Waals surface area contributed by atoms with Crippen molar-refractivity contribution in [3.8, 4) is 0 Å². The Bertz CT molecular complexity index is 224. The summed E-state index contributed by atoms with van der Waals surface area (Å²) in [4.78, 5) is 0. The molecule has 0 heterocycles. The average molecular weight is 184 g/mol. The van der Waals surface area contributed by atoms with Crippen LogP contribution in [0, 0.1) is 22.7 Å². The summed E-state index contributed by atoms with van der Waals surface area (Å²) in [5.41, 5.74) is 0.227. The fraction of sp³-hybridized carbons (Fsp3) is 1.00. The van der Waals surface area contributed by atoms with Gasteiger partial charge in [-0.05, 0) is 35.5 Å². The molecule has 76 valence electrons. The first-order valence-electron chi connectivity index (χ1n) is 5.22. The van der Waals surface area contributed by atoms with Gasteiger partial charge in [0.25, 0.3) is 0 Å². The van der Waals surface area contributed by atoms with Crippen molar-refractivity contribution >= 4 is 0 Å². The van der Waals surface area contributed by atoms with E-state index in [4.69, 9.17) is 0 Å². The molecule has 0 saturated heterocycles. The van der Waals surface area contributed by atoms with E-state index in [1.165, 1.54) is 0 Å². The molecular formula is C11H20O2. The quantitative estimate of drug-likeness (QED) is 0.647. The summed E-state index contributed by atoms with van der Waals surface area (Å²) >= 11 is 0. The monoisotopic (exact) mass is 184 g/mol. The molecule has 0 aliphatic heterocycles. The zero-order chi connectivity index (χ0) is 9.85. The maximum absolute atomic E-state index is 9.95. The second kappa shape index (κ2) is 2.48. The lowest BCUT2D eigenvalue weighted by molar-refractivity contribution is 0.00341. The molecule has 0 unspecified atom stereocenters. The van der Waals surface area contributed by atoms with Gasteiger partial charge in [0, 0.05) is 6.61 Å². The van der Waals surface area contributed by atoms with Gasteiger partial charge in [-0.25, -0.2) is 0 Å². The van der Waals surface area contributed by atoms with Crippen molar-refractivity contribution < 1.29 is 10.2 Å². The van der Waals surface area contributed by atoms with Crippen LogP contribution in [0.15, 0.2) is 0 Å². The zero-order valence-electron chi connectivity index (χ0n) is 8.75. The predicted octanol–water partition coefficient (Wildman–Crippen LogP) is 1.41. The topological polar surface area (TPSA) is 40.5 Å². The first-order chi connectivity index (χ1) is 5.93. The fourth-order valence-corrected chi connectivity index (χ4v) is 3.71. The summed E-state index contributed by atoms with van der Waals surface area (Å²) in [6, 6.07) is 0. The highest BCUT2D eigenvalue weighted by molar-refractivity contribution is 5.13. The van der Waals surface area contributed by atoms with E-state index in [9.17, 15) is 10.2 Å². The molecule has 2 aliphatic rings. The van der Waals surface area contributed by atoms with E-state index < -0.39 is 0 Å².